The van der Waals surface area contributed by atoms with Gasteiger partial charge in [0.15, 0.2) is 5.82 Å². The average Bonchev–Trinajstić information content (AvgIpc) is 2.89. The Balaban J connectivity index is 1.93. The normalized spacial score (nSPS) is 18.6. The molecule has 21 heavy (non-hydrogen) atoms. The largest absolute Gasteiger partial charge is 0.416 e. The fraction of sp³-hybridized carbons (Fsp3) is 0.429. The molecule has 1 unspecified atom stereocenters. The second-order valence-electron chi connectivity index (χ2n) is 5.27. The maximum atomic E-state index is 12.6. The molecule has 1 aliphatic heterocycles. The SMILES string of the molecule is NCC1CCc2nnc(-c3ccc(C(F)(F)F)cc3)n2C1. The molecular formula is C14H15F3N4. The van der Waals surface area contributed by atoms with Crippen LogP contribution in [0.25, 0.3) is 11.4 Å². The summed E-state index contributed by atoms with van der Waals surface area (Å²) in [6.07, 6.45) is -2.55. The van der Waals surface area contributed by atoms with Crippen molar-refractivity contribution in [2.75, 3.05) is 6.54 Å². The van der Waals surface area contributed by atoms with Gasteiger partial charge in [-0.1, -0.05) is 12.1 Å². The summed E-state index contributed by atoms with van der Waals surface area (Å²) in [4.78, 5) is 0. The van der Waals surface area contributed by atoms with Crippen molar-refractivity contribution in [3.05, 3.63) is 35.7 Å². The van der Waals surface area contributed by atoms with Gasteiger partial charge in [-0.25, -0.2) is 0 Å². The summed E-state index contributed by atoms with van der Waals surface area (Å²) in [5, 5.41) is 8.24. The molecule has 0 spiro atoms. The minimum Gasteiger partial charge on any atom is -0.330 e. The van der Waals surface area contributed by atoms with Crippen molar-refractivity contribution in [1.29, 1.82) is 0 Å². The lowest BCUT2D eigenvalue weighted by molar-refractivity contribution is -0.137. The summed E-state index contributed by atoms with van der Waals surface area (Å²) < 4.78 is 39.7. The smallest absolute Gasteiger partial charge is 0.330 e. The van der Waals surface area contributed by atoms with Crippen molar-refractivity contribution >= 4 is 0 Å². The van der Waals surface area contributed by atoms with Gasteiger partial charge in [0.25, 0.3) is 0 Å². The Labute approximate surface area is 119 Å². The molecule has 0 amide bonds. The number of fused-ring (bicyclic) bond motifs is 1. The summed E-state index contributed by atoms with van der Waals surface area (Å²) >= 11 is 0. The molecule has 1 aliphatic rings. The molecule has 2 aromatic rings. The number of alkyl halides is 3. The molecule has 2 N–H and O–H groups in total. The van der Waals surface area contributed by atoms with E-state index in [-0.39, 0.29) is 0 Å². The highest BCUT2D eigenvalue weighted by Gasteiger charge is 2.30. The Hall–Kier alpha value is -1.89. The van der Waals surface area contributed by atoms with Crippen LogP contribution >= 0.6 is 0 Å². The quantitative estimate of drug-likeness (QED) is 0.926. The van der Waals surface area contributed by atoms with Gasteiger partial charge >= 0.3 is 6.18 Å². The van der Waals surface area contributed by atoms with E-state index < -0.39 is 11.7 Å². The number of halogens is 3. The van der Waals surface area contributed by atoms with Crippen molar-refractivity contribution in [2.24, 2.45) is 11.7 Å². The molecule has 0 radical (unpaired) electrons. The van der Waals surface area contributed by atoms with Crippen LogP contribution in [0.1, 0.15) is 17.8 Å². The van der Waals surface area contributed by atoms with Crippen LogP contribution in [0.5, 0.6) is 0 Å². The second-order valence-corrected chi connectivity index (χ2v) is 5.27. The van der Waals surface area contributed by atoms with Crippen LogP contribution < -0.4 is 5.73 Å². The molecule has 112 valence electrons. The molecule has 1 aromatic carbocycles. The van der Waals surface area contributed by atoms with Crippen molar-refractivity contribution in [2.45, 2.75) is 25.6 Å². The number of hydrogen-bond acceptors (Lipinski definition) is 3. The Morgan fingerprint density at radius 2 is 1.90 bits per heavy atom. The number of aromatic nitrogens is 3. The Morgan fingerprint density at radius 3 is 2.52 bits per heavy atom. The summed E-state index contributed by atoms with van der Waals surface area (Å²) in [6.45, 7) is 1.30. The molecule has 0 saturated carbocycles. The van der Waals surface area contributed by atoms with E-state index >= 15 is 0 Å². The number of hydrogen-bond donors (Lipinski definition) is 1. The van der Waals surface area contributed by atoms with Gasteiger partial charge in [-0.05, 0) is 31.0 Å². The number of aryl methyl sites for hydroxylation is 1. The van der Waals surface area contributed by atoms with E-state index in [2.05, 4.69) is 10.2 Å². The molecular weight excluding hydrogens is 281 g/mol. The zero-order valence-corrected chi connectivity index (χ0v) is 11.3. The maximum absolute atomic E-state index is 12.6. The molecule has 0 fully saturated rings. The second kappa shape index (κ2) is 5.14. The third-order valence-electron chi connectivity index (χ3n) is 3.85. The first-order valence-electron chi connectivity index (χ1n) is 6.79. The van der Waals surface area contributed by atoms with Gasteiger partial charge in [-0.3, -0.25) is 0 Å². The summed E-state index contributed by atoms with van der Waals surface area (Å²) in [5.74, 6) is 1.84. The summed E-state index contributed by atoms with van der Waals surface area (Å²) in [7, 11) is 0. The molecule has 1 aromatic heterocycles. The Morgan fingerprint density at radius 1 is 1.19 bits per heavy atom. The lowest BCUT2D eigenvalue weighted by atomic mass is 9.99. The van der Waals surface area contributed by atoms with E-state index in [0.717, 1.165) is 37.3 Å². The summed E-state index contributed by atoms with van der Waals surface area (Å²) in [5.41, 5.74) is 5.68. The highest BCUT2D eigenvalue weighted by Crippen LogP contribution is 2.31. The first kappa shape index (κ1) is 14.1. The maximum Gasteiger partial charge on any atom is 0.416 e. The van der Waals surface area contributed by atoms with Crippen LogP contribution in [-0.4, -0.2) is 21.3 Å². The topological polar surface area (TPSA) is 56.7 Å². The van der Waals surface area contributed by atoms with E-state index in [1.165, 1.54) is 12.1 Å². The molecule has 7 heteroatoms. The summed E-state index contributed by atoms with van der Waals surface area (Å²) in [6, 6.07) is 5.01. The van der Waals surface area contributed by atoms with Crippen LogP contribution in [0.3, 0.4) is 0 Å². The molecule has 1 atom stereocenters. The molecule has 0 aliphatic carbocycles. The third-order valence-corrected chi connectivity index (χ3v) is 3.85. The van der Waals surface area contributed by atoms with E-state index in [4.69, 9.17) is 5.73 Å². The van der Waals surface area contributed by atoms with Crippen LogP contribution in [0.15, 0.2) is 24.3 Å². The number of nitrogens with zero attached hydrogens (tertiary/aromatic N) is 3. The Kier molecular flexibility index (Phi) is 3.44. The van der Waals surface area contributed by atoms with Gasteiger partial charge in [-0.15, -0.1) is 10.2 Å². The molecule has 0 saturated heterocycles. The van der Waals surface area contributed by atoms with Gasteiger partial charge in [0, 0.05) is 18.5 Å². The zero-order valence-electron chi connectivity index (χ0n) is 11.3. The van der Waals surface area contributed by atoms with Gasteiger partial charge in [-0.2, -0.15) is 13.2 Å². The standard InChI is InChI=1S/C14H15F3N4/c15-14(16,17)11-4-2-10(3-5-11)13-20-19-12-6-1-9(7-18)8-21(12)13/h2-5,9H,1,6-8,18H2. The van der Waals surface area contributed by atoms with Crippen LogP contribution in [0, 0.1) is 5.92 Å². The van der Waals surface area contributed by atoms with E-state index in [1.54, 1.807) is 0 Å². The molecule has 4 nitrogen and oxygen atoms in total. The zero-order chi connectivity index (χ0) is 15.0. The lowest BCUT2D eigenvalue weighted by Gasteiger charge is -2.23. The number of nitrogens with two attached hydrogens (primary N) is 1. The highest BCUT2D eigenvalue weighted by atomic mass is 19.4. The third kappa shape index (κ3) is 2.65. The number of rotatable bonds is 2. The van der Waals surface area contributed by atoms with Crippen molar-refractivity contribution < 1.29 is 13.2 Å². The van der Waals surface area contributed by atoms with Crippen LogP contribution in [0.4, 0.5) is 13.2 Å². The van der Waals surface area contributed by atoms with Crippen LogP contribution in [0.2, 0.25) is 0 Å². The highest BCUT2D eigenvalue weighted by molar-refractivity contribution is 5.56. The molecule has 3 rings (SSSR count). The predicted octanol–water partition coefficient (Wildman–Crippen LogP) is 2.49. The van der Waals surface area contributed by atoms with E-state index in [1.807, 2.05) is 4.57 Å². The average molecular weight is 296 g/mol. The lowest BCUT2D eigenvalue weighted by Crippen LogP contribution is -2.26. The fourth-order valence-electron chi connectivity index (χ4n) is 2.61. The van der Waals surface area contributed by atoms with E-state index in [0.29, 0.717) is 23.9 Å². The first-order valence-corrected chi connectivity index (χ1v) is 6.79. The van der Waals surface area contributed by atoms with Gasteiger partial charge in [0.05, 0.1) is 5.56 Å². The van der Waals surface area contributed by atoms with Crippen molar-refractivity contribution in [1.82, 2.24) is 14.8 Å². The fourth-order valence-corrected chi connectivity index (χ4v) is 2.61. The van der Waals surface area contributed by atoms with Crippen molar-refractivity contribution in [3.8, 4) is 11.4 Å². The minimum atomic E-state index is -4.33. The first-order chi connectivity index (χ1) is 9.99. The molecule has 2 heterocycles. The van der Waals surface area contributed by atoms with Crippen LogP contribution in [-0.2, 0) is 19.1 Å². The van der Waals surface area contributed by atoms with Gasteiger partial charge in [0.1, 0.15) is 5.82 Å². The predicted molar refractivity (Wildman–Crippen MR) is 71.3 cm³/mol. The minimum absolute atomic E-state index is 0.363. The Bertz CT molecular complexity index is 631. The van der Waals surface area contributed by atoms with Gasteiger partial charge < -0.3 is 10.3 Å². The monoisotopic (exact) mass is 296 g/mol. The van der Waals surface area contributed by atoms with E-state index in [9.17, 15) is 13.2 Å². The van der Waals surface area contributed by atoms with Crippen molar-refractivity contribution in [3.63, 3.8) is 0 Å². The number of benzene rings is 1. The molecule has 0 bridgehead atoms. The van der Waals surface area contributed by atoms with Gasteiger partial charge in [0.2, 0.25) is 0 Å².